The summed E-state index contributed by atoms with van der Waals surface area (Å²) in [5, 5.41) is 1.66. The third-order valence-electron chi connectivity index (χ3n) is 3.33. The van der Waals surface area contributed by atoms with Crippen molar-refractivity contribution < 1.29 is 12.6 Å². The Morgan fingerprint density at radius 1 is 0.909 bits per heavy atom. The van der Waals surface area contributed by atoms with Crippen LogP contribution in [0.4, 0.5) is 0 Å². The van der Waals surface area contributed by atoms with E-state index in [2.05, 4.69) is 15.9 Å². The molecule has 0 aliphatic heterocycles. The molecule has 3 aromatic rings. The third kappa shape index (κ3) is 2.87. The molecule has 5 heteroatoms. The van der Waals surface area contributed by atoms with Gasteiger partial charge >= 0.3 is 10.1 Å². The maximum Gasteiger partial charge on any atom is 0.339 e. The van der Waals surface area contributed by atoms with Gasteiger partial charge in [-0.2, -0.15) is 8.42 Å². The molecule has 112 valence electrons. The van der Waals surface area contributed by atoms with Gasteiger partial charge in [0.1, 0.15) is 4.90 Å². The zero-order valence-corrected chi connectivity index (χ0v) is 14.2. The Hall–Kier alpha value is -1.85. The predicted octanol–water partition coefficient (Wildman–Crippen LogP) is 4.68. The van der Waals surface area contributed by atoms with E-state index >= 15 is 0 Å². The Balaban J connectivity index is 2.09. The highest BCUT2D eigenvalue weighted by atomic mass is 79.9. The number of benzene rings is 3. The van der Waals surface area contributed by atoms with Gasteiger partial charge in [-0.15, -0.1) is 0 Å². The second-order valence-electron chi connectivity index (χ2n) is 4.95. The summed E-state index contributed by atoms with van der Waals surface area (Å²) in [6.07, 6.45) is 0. The lowest BCUT2D eigenvalue weighted by Crippen LogP contribution is -2.10. The maximum atomic E-state index is 12.5. The number of hydrogen-bond donors (Lipinski definition) is 0. The molecule has 0 aromatic heterocycles. The molecule has 0 unspecified atom stereocenters. The molecule has 0 radical (unpaired) electrons. The van der Waals surface area contributed by atoms with Gasteiger partial charge in [0.05, 0.1) is 4.47 Å². The Morgan fingerprint density at radius 3 is 2.32 bits per heavy atom. The van der Waals surface area contributed by atoms with Crippen LogP contribution in [-0.2, 0) is 10.1 Å². The molecular weight excluding hydrogens is 364 g/mol. The molecular formula is C17H13BrO3S. The van der Waals surface area contributed by atoms with Crippen molar-refractivity contribution in [1.82, 2.24) is 0 Å². The van der Waals surface area contributed by atoms with Crippen molar-refractivity contribution in [2.45, 2.75) is 11.8 Å². The minimum absolute atomic E-state index is 0.137. The van der Waals surface area contributed by atoms with E-state index in [-0.39, 0.29) is 4.90 Å². The zero-order chi connectivity index (χ0) is 15.7. The van der Waals surface area contributed by atoms with Gasteiger partial charge in [-0.05, 0) is 46.4 Å². The molecule has 0 aliphatic rings. The Labute approximate surface area is 137 Å². The van der Waals surface area contributed by atoms with Crippen LogP contribution in [0.2, 0.25) is 0 Å². The highest BCUT2D eigenvalue weighted by molar-refractivity contribution is 9.10. The monoisotopic (exact) mass is 376 g/mol. The number of fused-ring (bicyclic) bond motifs is 1. The molecule has 22 heavy (non-hydrogen) atoms. The Kier molecular flexibility index (Phi) is 3.93. The standard InChI is InChI=1S/C17H13BrO3S/c1-12-6-9-14(10-7-12)22(19,20)21-17-15-5-3-2-4-13(15)8-11-16(17)18/h2-11H,1H3. The van der Waals surface area contributed by atoms with Gasteiger partial charge in [0.2, 0.25) is 0 Å². The number of aryl methyl sites for hydroxylation is 1. The summed E-state index contributed by atoms with van der Waals surface area (Å²) >= 11 is 3.36. The number of hydrogen-bond acceptors (Lipinski definition) is 3. The fraction of sp³-hybridized carbons (Fsp3) is 0.0588. The molecule has 0 spiro atoms. The Bertz CT molecular complexity index is 932. The van der Waals surface area contributed by atoms with Crippen molar-refractivity contribution in [2.75, 3.05) is 0 Å². The van der Waals surface area contributed by atoms with E-state index < -0.39 is 10.1 Å². The van der Waals surface area contributed by atoms with Crippen molar-refractivity contribution >= 4 is 36.8 Å². The zero-order valence-electron chi connectivity index (χ0n) is 11.8. The molecule has 0 saturated heterocycles. The van der Waals surface area contributed by atoms with Gasteiger partial charge in [0, 0.05) is 5.39 Å². The first kappa shape index (κ1) is 15.1. The maximum absolute atomic E-state index is 12.5. The van der Waals surface area contributed by atoms with Gasteiger partial charge in [0.25, 0.3) is 0 Å². The van der Waals surface area contributed by atoms with E-state index in [1.165, 1.54) is 0 Å². The fourth-order valence-corrected chi connectivity index (χ4v) is 3.66. The summed E-state index contributed by atoms with van der Waals surface area (Å²) in [6, 6.07) is 17.8. The summed E-state index contributed by atoms with van der Waals surface area (Å²) in [5.74, 6) is 0.304. The van der Waals surface area contributed by atoms with Gasteiger partial charge in [0.15, 0.2) is 5.75 Å². The van der Waals surface area contributed by atoms with Crippen LogP contribution in [0.3, 0.4) is 0 Å². The average Bonchev–Trinajstić information content (AvgIpc) is 2.50. The van der Waals surface area contributed by atoms with E-state index in [4.69, 9.17) is 4.18 Å². The lowest BCUT2D eigenvalue weighted by molar-refractivity contribution is 0.487. The van der Waals surface area contributed by atoms with Crippen LogP contribution in [0.1, 0.15) is 5.56 Å². The first-order valence-corrected chi connectivity index (χ1v) is 8.86. The summed E-state index contributed by atoms with van der Waals surface area (Å²) in [5.41, 5.74) is 0.991. The molecule has 0 N–H and O–H groups in total. The van der Waals surface area contributed by atoms with E-state index in [1.807, 2.05) is 37.3 Å². The number of halogens is 1. The van der Waals surface area contributed by atoms with E-state index in [1.54, 1.807) is 30.3 Å². The van der Waals surface area contributed by atoms with E-state index in [9.17, 15) is 8.42 Å². The lowest BCUT2D eigenvalue weighted by atomic mass is 10.1. The summed E-state index contributed by atoms with van der Waals surface area (Å²) in [6.45, 7) is 1.90. The third-order valence-corrected chi connectivity index (χ3v) is 5.19. The van der Waals surface area contributed by atoms with Crippen LogP contribution >= 0.6 is 15.9 Å². The molecule has 0 atom stereocenters. The Morgan fingerprint density at radius 2 is 1.59 bits per heavy atom. The summed E-state index contributed by atoms with van der Waals surface area (Å²) in [7, 11) is -3.87. The number of rotatable bonds is 3. The summed E-state index contributed by atoms with van der Waals surface area (Å²) in [4.78, 5) is 0.137. The largest absolute Gasteiger partial charge is 0.377 e. The quantitative estimate of drug-likeness (QED) is 0.623. The smallest absolute Gasteiger partial charge is 0.339 e. The second-order valence-corrected chi connectivity index (χ2v) is 7.35. The van der Waals surface area contributed by atoms with Crippen molar-refractivity contribution in [1.29, 1.82) is 0 Å². The first-order valence-electron chi connectivity index (χ1n) is 6.66. The van der Waals surface area contributed by atoms with Gasteiger partial charge in [-0.1, -0.05) is 48.0 Å². The molecule has 0 heterocycles. The summed E-state index contributed by atoms with van der Waals surface area (Å²) < 4.78 is 30.9. The average molecular weight is 377 g/mol. The van der Waals surface area contributed by atoms with Crippen LogP contribution in [0.25, 0.3) is 10.8 Å². The van der Waals surface area contributed by atoms with Crippen molar-refractivity contribution in [3.63, 3.8) is 0 Å². The van der Waals surface area contributed by atoms with Crippen LogP contribution < -0.4 is 4.18 Å². The molecule has 0 amide bonds. The van der Waals surface area contributed by atoms with Crippen molar-refractivity contribution in [3.8, 4) is 5.75 Å². The molecule has 3 rings (SSSR count). The van der Waals surface area contributed by atoms with Gasteiger partial charge in [-0.25, -0.2) is 0 Å². The molecule has 0 aliphatic carbocycles. The topological polar surface area (TPSA) is 43.4 Å². The molecule has 3 aromatic carbocycles. The van der Waals surface area contributed by atoms with Crippen molar-refractivity contribution in [3.05, 3.63) is 70.7 Å². The van der Waals surface area contributed by atoms with Crippen molar-refractivity contribution in [2.24, 2.45) is 0 Å². The highest BCUT2D eigenvalue weighted by Gasteiger charge is 2.19. The van der Waals surface area contributed by atoms with E-state index in [0.717, 1.165) is 16.3 Å². The van der Waals surface area contributed by atoms with Crippen LogP contribution in [0.5, 0.6) is 5.75 Å². The first-order chi connectivity index (χ1) is 10.5. The van der Waals surface area contributed by atoms with E-state index in [0.29, 0.717) is 10.2 Å². The molecule has 0 bridgehead atoms. The highest BCUT2D eigenvalue weighted by Crippen LogP contribution is 2.35. The molecule has 0 fully saturated rings. The van der Waals surface area contributed by atoms with Crippen LogP contribution in [-0.4, -0.2) is 8.42 Å². The normalized spacial score (nSPS) is 11.5. The minimum atomic E-state index is -3.87. The SMILES string of the molecule is Cc1ccc(S(=O)(=O)Oc2c(Br)ccc3ccccc23)cc1. The predicted molar refractivity (Wildman–Crippen MR) is 90.6 cm³/mol. The molecule has 0 saturated carbocycles. The second kappa shape index (κ2) is 5.74. The fourth-order valence-electron chi connectivity index (χ4n) is 2.16. The molecule has 3 nitrogen and oxygen atoms in total. The van der Waals surface area contributed by atoms with Crippen LogP contribution in [0, 0.1) is 6.92 Å². The van der Waals surface area contributed by atoms with Gasteiger partial charge < -0.3 is 4.18 Å². The minimum Gasteiger partial charge on any atom is -0.377 e. The van der Waals surface area contributed by atoms with Crippen LogP contribution in [0.15, 0.2) is 70.0 Å². The van der Waals surface area contributed by atoms with Gasteiger partial charge in [-0.3, -0.25) is 0 Å². The lowest BCUT2D eigenvalue weighted by Gasteiger charge is -2.11.